The third-order valence-electron chi connectivity index (χ3n) is 7.87. The number of allylic oxidation sites excluding steroid dienone is 18. The number of unbranched alkanes of at least 4 members (excludes halogenated alkanes) is 9. The topological polar surface area (TPSA) is 78.9 Å². The highest BCUT2D eigenvalue weighted by molar-refractivity contribution is 5.71. The number of ether oxygens (including phenoxy) is 3. The van der Waals surface area contributed by atoms with Gasteiger partial charge in [0.25, 0.3) is 0 Å². The molecule has 0 amide bonds. The zero-order chi connectivity index (χ0) is 38.7. The second kappa shape index (κ2) is 40.8. The van der Waals surface area contributed by atoms with Crippen molar-refractivity contribution < 1.29 is 28.6 Å². The predicted octanol–water partition coefficient (Wildman–Crippen LogP) is 12.9. The molecule has 0 rings (SSSR count). The van der Waals surface area contributed by atoms with E-state index in [2.05, 4.69) is 75.5 Å². The summed E-state index contributed by atoms with van der Waals surface area (Å²) in [5, 5.41) is 0. The van der Waals surface area contributed by atoms with Crippen LogP contribution in [0.5, 0.6) is 0 Å². The van der Waals surface area contributed by atoms with E-state index in [1.165, 1.54) is 25.7 Å². The molecule has 296 valence electrons. The van der Waals surface area contributed by atoms with Crippen molar-refractivity contribution in [1.29, 1.82) is 0 Å². The van der Waals surface area contributed by atoms with E-state index in [9.17, 15) is 14.4 Å². The fraction of sp³-hybridized carbons (Fsp3) is 0.553. The van der Waals surface area contributed by atoms with E-state index >= 15 is 0 Å². The predicted molar refractivity (Wildman–Crippen MR) is 223 cm³/mol. The van der Waals surface area contributed by atoms with Crippen molar-refractivity contribution in [2.45, 2.75) is 155 Å². The summed E-state index contributed by atoms with van der Waals surface area (Å²) in [6.45, 7) is 6.16. The fourth-order valence-electron chi connectivity index (χ4n) is 4.83. The molecule has 0 bridgehead atoms. The maximum absolute atomic E-state index is 12.6. The van der Waals surface area contributed by atoms with Gasteiger partial charge in [0.05, 0.1) is 0 Å². The second-order valence-electron chi connectivity index (χ2n) is 12.9. The molecule has 0 aromatic heterocycles. The number of hydrogen-bond donors (Lipinski definition) is 0. The van der Waals surface area contributed by atoms with Crippen LogP contribution in [0.15, 0.2) is 109 Å². The molecule has 0 aromatic rings. The fourth-order valence-corrected chi connectivity index (χ4v) is 4.83. The van der Waals surface area contributed by atoms with Crippen molar-refractivity contribution in [2.24, 2.45) is 0 Å². The zero-order valence-electron chi connectivity index (χ0n) is 33.5. The Balaban J connectivity index is 4.62. The van der Waals surface area contributed by atoms with Gasteiger partial charge in [-0.2, -0.15) is 0 Å². The second-order valence-corrected chi connectivity index (χ2v) is 12.9. The van der Waals surface area contributed by atoms with Gasteiger partial charge in [0.2, 0.25) is 0 Å². The Hall–Kier alpha value is -3.93. The largest absolute Gasteiger partial charge is 0.462 e. The molecular weight excluding hydrogens is 661 g/mol. The summed E-state index contributed by atoms with van der Waals surface area (Å²) in [7, 11) is 0. The van der Waals surface area contributed by atoms with Gasteiger partial charge in [0, 0.05) is 19.3 Å². The zero-order valence-corrected chi connectivity index (χ0v) is 33.5. The summed E-state index contributed by atoms with van der Waals surface area (Å²) < 4.78 is 16.5. The van der Waals surface area contributed by atoms with Crippen LogP contribution >= 0.6 is 0 Å². The van der Waals surface area contributed by atoms with E-state index < -0.39 is 12.1 Å². The molecule has 0 aliphatic rings. The third-order valence-corrected chi connectivity index (χ3v) is 7.87. The lowest BCUT2D eigenvalue weighted by atomic mass is 10.1. The number of carbonyl (C=O) groups excluding carboxylic acids is 3. The van der Waals surface area contributed by atoms with Crippen LogP contribution in [0.3, 0.4) is 0 Å². The van der Waals surface area contributed by atoms with Crippen LogP contribution in [0.2, 0.25) is 0 Å². The van der Waals surface area contributed by atoms with Crippen molar-refractivity contribution >= 4 is 17.9 Å². The van der Waals surface area contributed by atoms with Crippen LogP contribution in [0.25, 0.3) is 0 Å². The van der Waals surface area contributed by atoms with Crippen LogP contribution in [-0.4, -0.2) is 37.2 Å². The number of hydrogen-bond acceptors (Lipinski definition) is 6. The lowest BCUT2D eigenvalue weighted by Gasteiger charge is -2.18. The molecule has 53 heavy (non-hydrogen) atoms. The summed E-state index contributed by atoms with van der Waals surface area (Å²) in [5.41, 5.74) is 0. The molecule has 0 N–H and O–H groups in total. The summed E-state index contributed by atoms with van der Waals surface area (Å²) in [5.74, 6) is -1.09. The minimum atomic E-state index is -0.834. The van der Waals surface area contributed by atoms with Gasteiger partial charge in [-0.25, -0.2) is 0 Å². The van der Waals surface area contributed by atoms with Crippen molar-refractivity contribution in [3.8, 4) is 0 Å². The number of rotatable bonds is 34. The number of carbonyl (C=O) groups is 3. The summed E-state index contributed by atoms with van der Waals surface area (Å²) in [4.78, 5) is 37.5. The molecule has 0 fully saturated rings. The van der Waals surface area contributed by atoms with Gasteiger partial charge in [0.1, 0.15) is 13.2 Å². The first-order chi connectivity index (χ1) is 26.0. The molecule has 0 radical (unpaired) electrons. The summed E-state index contributed by atoms with van der Waals surface area (Å²) in [6, 6.07) is 0. The van der Waals surface area contributed by atoms with E-state index in [1.807, 2.05) is 54.7 Å². The SMILES string of the molecule is CC\C=C/C=C\C=C/C=C\C=C/CCCC(=O)OCC(COC(=O)CCCCCCC/C=C\CCCC)OC(=O)CCC/C=C\C/C=C\C/C=C\CC. The van der Waals surface area contributed by atoms with Gasteiger partial charge in [-0.1, -0.05) is 162 Å². The van der Waals surface area contributed by atoms with Gasteiger partial charge >= 0.3 is 17.9 Å². The quantitative estimate of drug-likeness (QED) is 0.0215. The normalized spacial score (nSPS) is 13.2. The Labute approximate surface area is 323 Å². The first-order valence-electron chi connectivity index (χ1n) is 20.5. The molecular formula is C47H72O6. The van der Waals surface area contributed by atoms with Gasteiger partial charge in [0.15, 0.2) is 6.10 Å². The van der Waals surface area contributed by atoms with E-state index in [-0.39, 0.29) is 38.0 Å². The Morgan fingerprint density at radius 2 is 0.849 bits per heavy atom. The van der Waals surface area contributed by atoms with E-state index in [1.54, 1.807) is 0 Å². The summed E-state index contributed by atoms with van der Waals surface area (Å²) >= 11 is 0. The van der Waals surface area contributed by atoms with Crippen molar-refractivity contribution in [1.82, 2.24) is 0 Å². The minimum absolute atomic E-state index is 0.128. The van der Waals surface area contributed by atoms with E-state index in [0.29, 0.717) is 19.3 Å². The Morgan fingerprint density at radius 1 is 0.415 bits per heavy atom. The van der Waals surface area contributed by atoms with Crippen LogP contribution in [0.4, 0.5) is 0 Å². The smallest absolute Gasteiger partial charge is 0.306 e. The van der Waals surface area contributed by atoms with Crippen LogP contribution in [0.1, 0.15) is 149 Å². The maximum Gasteiger partial charge on any atom is 0.306 e. The first kappa shape index (κ1) is 49.1. The maximum atomic E-state index is 12.6. The van der Waals surface area contributed by atoms with Crippen molar-refractivity contribution in [3.05, 3.63) is 109 Å². The lowest BCUT2D eigenvalue weighted by Crippen LogP contribution is -2.30. The van der Waals surface area contributed by atoms with Gasteiger partial charge in [-0.15, -0.1) is 0 Å². The molecule has 0 spiro atoms. The molecule has 0 saturated carbocycles. The lowest BCUT2D eigenvalue weighted by molar-refractivity contribution is -0.167. The van der Waals surface area contributed by atoms with Crippen LogP contribution in [0, 0.1) is 0 Å². The molecule has 6 heteroatoms. The Morgan fingerprint density at radius 3 is 1.47 bits per heavy atom. The van der Waals surface area contributed by atoms with E-state index in [4.69, 9.17) is 14.2 Å². The van der Waals surface area contributed by atoms with E-state index in [0.717, 1.165) is 70.6 Å². The minimum Gasteiger partial charge on any atom is -0.462 e. The van der Waals surface area contributed by atoms with Crippen molar-refractivity contribution in [2.75, 3.05) is 13.2 Å². The highest BCUT2D eigenvalue weighted by atomic mass is 16.6. The van der Waals surface area contributed by atoms with Gasteiger partial charge < -0.3 is 14.2 Å². The Bertz CT molecular complexity index is 1160. The van der Waals surface area contributed by atoms with Crippen LogP contribution in [-0.2, 0) is 28.6 Å². The van der Waals surface area contributed by atoms with Crippen molar-refractivity contribution in [3.63, 3.8) is 0 Å². The van der Waals surface area contributed by atoms with Crippen LogP contribution < -0.4 is 0 Å². The monoisotopic (exact) mass is 733 g/mol. The highest BCUT2D eigenvalue weighted by Crippen LogP contribution is 2.10. The van der Waals surface area contributed by atoms with Gasteiger partial charge in [-0.05, 0) is 77.0 Å². The molecule has 0 heterocycles. The highest BCUT2D eigenvalue weighted by Gasteiger charge is 2.19. The molecule has 0 aromatic carbocycles. The third kappa shape index (κ3) is 39.1. The molecule has 0 saturated heterocycles. The average Bonchev–Trinajstić information content (AvgIpc) is 3.15. The molecule has 1 atom stereocenters. The standard InChI is InChI=1S/C47H72O6/c1-4-7-10-13-16-19-22-23-26-28-31-34-37-40-46(49)52-43-44(53-47(50)41-38-35-32-29-25-21-18-15-12-9-6-3)42-51-45(48)39-36-33-30-27-24-20-17-14-11-8-5-2/h7,9-10,12-14,16-19,21-23,26,28-29,31-32,44H,4-6,8,11,15,20,24-25,27,30,33-43H2,1-3H3/b10-7-,12-9-,16-13-,17-14-,21-18-,22-19-,26-23-,31-28-,32-29-. The summed E-state index contributed by atoms with van der Waals surface area (Å²) in [6.07, 6.45) is 53.7. The molecule has 0 aliphatic heterocycles. The molecule has 6 nitrogen and oxygen atoms in total. The average molecular weight is 733 g/mol. The first-order valence-corrected chi connectivity index (χ1v) is 20.5. The molecule has 1 unspecified atom stereocenters. The Kier molecular flexibility index (Phi) is 37.8. The number of esters is 3. The molecule has 0 aliphatic carbocycles. The van der Waals surface area contributed by atoms with Gasteiger partial charge in [-0.3, -0.25) is 14.4 Å².